The van der Waals surface area contributed by atoms with Gasteiger partial charge in [-0.3, -0.25) is 9.10 Å². The van der Waals surface area contributed by atoms with Crippen molar-refractivity contribution < 1.29 is 27.4 Å². The van der Waals surface area contributed by atoms with E-state index in [2.05, 4.69) is 5.32 Å². The molecule has 1 amide bonds. The topological polar surface area (TPSA) is 94.2 Å². The third kappa shape index (κ3) is 5.54. The second kappa shape index (κ2) is 9.04. The van der Waals surface area contributed by atoms with E-state index in [-0.39, 0.29) is 25.7 Å². The largest absolute Gasteiger partial charge is 0.494 e. The highest BCUT2D eigenvalue weighted by Crippen LogP contribution is 2.36. The standard InChI is InChI=1S/C20H24N2O6S/c1-3-26-17-7-4-6-15(12-17)21-20(23)8-5-11-22(29(2,24)25)16-9-10-18-19(13-16)28-14-27-18/h4,6-7,9-10,12-13H,3,5,8,11,14H2,1-2H3,(H,21,23). The Morgan fingerprint density at radius 1 is 1.17 bits per heavy atom. The van der Waals surface area contributed by atoms with Crippen molar-refractivity contribution in [2.45, 2.75) is 19.8 Å². The van der Waals surface area contributed by atoms with E-state index in [9.17, 15) is 13.2 Å². The first-order valence-corrected chi connectivity index (χ1v) is 11.1. The molecule has 0 bridgehead atoms. The van der Waals surface area contributed by atoms with Crippen molar-refractivity contribution in [1.29, 1.82) is 0 Å². The van der Waals surface area contributed by atoms with Gasteiger partial charge in [-0.25, -0.2) is 8.42 Å². The van der Waals surface area contributed by atoms with Crippen molar-refractivity contribution in [1.82, 2.24) is 0 Å². The number of carbonyl (C=O) groups excluding carboxylic acids is 1. The van der Waals surface area contributed by atoms with Crippen LogP contribution in [0.2, 0.25) is 0 Å². The van der Waals surface area contributed by atoms with E-state index in [4.69, 9.17) is 14.2 Å². The molecule has 0 saturated heterocycles. The quantitative estimate of drug-likeness (QED) is 0.670. The minimum Gasteiger partial charge on any atom is -0.494 e. The van der Waals surface area contributed by atoms with Crippen molar-refractivity contribution in [3.05, 3.63) is 42.5 Å². The van der Waals surface area contributed by atoms with Crippen molar-refractivity contribution in [2.24, 2.45) is 0 Å². The molecular weight excluding hydrogens is 396 g/mol. The van der Waals surface area contributed by atoms with Crippen LogP contribution in [0.15, 0.2) is 42.5 Å². The SMILES string of the molecule is CCOc1cccc(NC(=O)CCCN(c2ccc3c(c2)OCO3)S(C)(=O)=O)c1. The van der Waals surface area contributed by atoms with E-state index in [1.54, 1.807) is 36.4 Å². The van der Waals surface area contributed by atoms with Gasteiger partial charge < -0.3 is 19.5 Å². The first kappa shape index (κ1) is 20.8. The highest BCUT2D eigenvalue weighted by Gasteiger charge is 2.21. The molecule has 1 aliphatic heterocycles. The summed E-state index contributed by atoms with van der Waals surface area (Å²) in [4.78, 5) is 12.2. The number of hydrogen-bond acceptors (Lipinski definition) is 6. The molecule has 8 nitrogen and oxygen atoms in total. The summed E-state index contributed by atoms with van der Waals surface area (Å²) in [5.74, 6) is 1.56. The Labute approximate surface area is 170 Å². The lowest BCUT2D eigenvalue weighted by atomic mass is 10.2. The fraction of sp³-hybridized carbons (Fsp3) is 0.350. The second-order valence-corrected chi connectivity index (χ2v) is 8.39. The molecule has 29 heavy (non-hydrogen) atoms. The third-order valence-corrected chi connectivity index (χ3v) is 5.43. The molecule has 1 N–H and O–H groups in total. The molecule has 0 aromatic heterocycles. The number of amides is 1. The zero-order chi connectivity index (χ0) is 20.9. The number of nitrogens with one attached hydrogen (secondary N) is 1. The molecule has 1 aliphatic rings. The lowest BCUT2D eigenvalue weighted by Crippen LogP contribution is -2.31. The Morgan fingerprint density at radius 3 is 2.72 bits per heavy atom. The Balaban J connectivity index is 1.59. The molecule has 9 heteroatoms. The summed E-state index contributed by atoms with van der Waals surface area (Å²) in [5, 5.41) is 2.80. The summed E-state index contributed by atoms with van der Waals surface area (Å²) in [7, 11) is -3.52. The average Bonchev–Trinajstić information content (AvgIpc) is 3.12. The van der Waals surface area contributed by atoms with Gasteiger partial charge in [0.15, 0.2) is 11.5 Å². The minimum atomic E-state index is -3.52. The number of sulfonamides is 1. The lowest BCUT2D eigenvalue weighted by molar-refractivity contribution is -0.116. The maximum Gasteiger partial charge on any atom is 0.232 e. The van der Waals surface area contributed by atoms with Crippen LogP contribution in [0.5, 0.6) is 17.2 Å². The van der Waals surface area contributed by atoms with E-state index >= 15 is 0 Å². The van der Waals surface area contributed by atoms with Crippen molar-refractivity contribution in [3.63, 3.8) is 0 Å². The molecular formula is C20H24N2O6S. The summed E-state index contributed by atoms with van der Waals surface area (Å²) in [5.41, 5.74) is 1.11. The van der Waals surface area contributed by atoms with Gasteiger partial charge in [0, 0.05) is 30.8 Å². The van der Waals surface area contributed by atoms with Gasteiger partial charge in [0.2, 0.25) is 22.7 Å². The van der Waals surface area contributed by atoms with Gasteiger partial charge in [-0.05, 0) is 37.6 Å². The van der Waals surface area contributed by atoms with Gasteiger partial charge in [-0.2, -0.15) is 0 Å². The molecule has 2 aromatic rings. The van der Waals surface area contributed by atoms with Crippen LogP contribution in [-0.2, 0) is 14.8 Å². The van der Waals surface area contributed by atoms with Gasteiger partial charge in [0.1, 0.15) is 5.75 Å². The Morgan fingerprint density at radius 2 is 1.97 bits per heavy atom. The van der Waals surface area contributed by atoms with E-state index < -0.39 is 10.0 Å². The molecule has 0 atom stereocenters. The zero-order valence-corrected chi connectivity index (χ0v) is 17.2. The van der Waals surface area contributed by atoms with Crippen LogP contribution in [0.3, 0.4) is 0 Å². The molecule has 0 spiro atoms. The first-order valence-electron chi connectivity index (χ1n) is 9.27. The number of rotatable bonds is 9. The number of hydrogen-bond donors (Lipinski definition) is 1. The van der Waals surface area contributed by atoms with E-state index in [0.29, 0.717) is 41.7 Å². The van der Waals surface area contributed by atoms with Gasteiger partial charge in [0.25, 0.3) is 0 Å². The second-order valence-electron chi connectivity index (χ2n) is 6.49. The van der Waals surface area contributed by atoms with E-state index in [0.717, 1.165) is 6.26 Å². The number of carbonyl (C=O) groups is 1. The zero-order valence-electron chi connectivity index (χ0n) is 16.4. The summed E-state index contributed by atoms with van der Waals surface area (Å²) < 4.78 is 41.7. The number of benzene rings is 2. The molecule has 0 saturated carbocycles. The Bertz CT molecular complexity index is 977. The van der Waals surface area contributed by atoms with Crippen molar-refractivity contribution >= 4 is 27.3 Å². The average molecular weight is 420 g/mol. The maximum atomic E-state index is 12.2. The van der Waals surface area contributed by atoms with Crippen molar-refractivity contribution in [2.75, 3.05) is 35.8 Å². The molecule has 0 radical (unpaired) electrons. The smallest absolute Gasteiger partial charge is 0.232 e. The van der Waals surface area contributed by atoms with Gasteiger partial charge >= 0.3 is 0 Å². The van der Waals surface area contributed by atoms with Crippen LogP contribution < -0.4 is 23.8 Å². The Kier molecular flexibility index (Phi) is 6.48. The highest BCUT2D eigenvalue weighted by atomic mass is 32.2. The van der Waals surface area contributed by atoms with Crippen LogP contribution in [0, 0.1) is 0 Å². The monoisotopic (exact) mass is 420 g/mol. The minimum absolute atomic E-state index is 0.113. The summed E-state index contributed by atoms with van der Waals surface area (Å²) >= 11 is 0. The van der Waals surface area contributed by atoms with Crippen LogP contribution >= 0.6 is 0 Å². The predicted molar refractivity (Wildman–Crippen MR) is 110 cm³/mol. The number of anilines is 2. The summed E-state index contributed by atoms with van der Waals surface area (Å²) in [6, 6.07) is 12.1. The number of nitrogens with zero attached hydrogens (tertiary/aromatic N) is 1. The van der Waals surface area contributed by atoms with Crippen LogP contribution in [0.25, 0.3) is 0 Å². The fourth-order valence-electron chi connectivity index (χ4n) is 2.96. The van der Waals surface area contributed by atoms with Crippen LogP contribution in [0.1, 0.15) is 19.8 Å². The molecule has 0 fully saturated rings. The van der Waals surface area contributed by atoms with Crippen LogP contribution in [0.4, 0.5) is 11.4 Å². The predicted octanol–water partition coefficient (Wildman–Crippen LogP) is 3.00. The van der Waals surface area contributed by atoms with Crippen LogP contribution in [-0.4, -0.2) is 40.5 Å². The molecule has 156 valence electrons. The maximum absolute atomic E-state index is 12.2. The summed E-state index contributed by atoms with van der Waals surface area (Å²) in [6.45, 7) is 2.71. The van der Waals surface area contributed by atoms with E-state index in [1.165, 1.54) is 4.31 Å². The third-order valence-electron chi connectivity index (χ3n) is 4.24. The fourth-order valence-corrected chi connectivity index (χ4v) is 3.92. The van der Waals surface area contributed by atoms with Crippen molar-refractivity contribution in [3.8, 4) is 17.2 Å². The number of fused-ring (bicyclic) bond motifs is 1. The Hall–Kier alpha value is -2.94. The molecule has 1 heterocycles. The number of ether oxygens (including phenoxy) is 3. The van der Waals surface area contributed by atoms with E-state index in [1.807, 2.05) is 13.0 Å². The first-order chi connectivity index (χ1) is 13.9. The normalized spacial score (nSPS) is 12.5. The lowest BCUT2D eigenvalue weighted by Gasteiger charge is -2.22. The van der Waals surface area contributed by atoms with Gasteiger partial charge in [0.05, 0.1) is 18.6 Å². The molecule has 3 rings (SSSR count). The molecule has 0 unspecified atom stereocenters. The summed E-state index contributed by atoms with van der Waals surface area (Å²) in [6.07, 6.45) is 1.67. The molecule has 2 aromatic carbocycles. The molecule has 0 aliphatic carbocycles. The van der Waals surface area contributed by atoms with Gasteiger partial charge in [-0.15, -0.1) is 0 Å². The van der Waals surface area contributed by atoms with Gasteiger partial charge in [-0.1, -0.05) is 6.07 Å². The highest BCUT2D eigenvalue weighted by molar-refractivity contribution is 7.92.